The van der Waals surface area contributed by atoms with E-state index in [1.54, 1.807) is 12.1 Å². The Balaban J connectivity index is 1.47. The van der Waals surface area contributed by atoms with Crippen molar-refractivity contribution in [2.45, 2.75) is 58.0 Å². The van der Waals surface area contributed by atoms with Crippen LogP contribution in [-0.2, 0) is 12.8 Å². The first-order valence-corrected chi connectivity index (χ1v) is 11.1. The van der Waals surface area contributed by atoms with Gasteiger partial charge in [-0.3, -0.25) is 4.98 Å². The van der Waals surface area contributed by atoms with Crippen LogP contribution in [0.3, 0.4) is 0 Å². The number of fused-ring (bicyclic) bond motifs is 2. The highest BCUT2D eigenvalue weighted by Gasteiger charge is 2.56. The smallest absolute Gasteiger partial charge is 0.123 e. The summed E-state index contributed by atoms with van der Waals surface area (Å²) in [5, 5.41) is 16.5. The van der Waals surface area contributed by atoms with E-state index in [0.717, 1.165) is 54.7 Å². The topological polar surface area (TPSA) is 50.9 Å². The second-order valence-corrected chi connectivity index (χ2v) is 9.08. The number of halogens is 1. The second kappa shape index (κ2) is 7.41. The quantitative estimate of drug-likeness (QED) is 0.620. The van der Waals surface area contributed by atoms with Gasteiger partial charge in [-0.25, -0.2) is 9.07 Å². The third kappa shape index (κ3) is 3.23. The highest BCUT2D eigenvalue weighted by molar-refractivity contribution is 5.63. The minimum atomic E-state index is -0.755. The molecule has 5 heteroatoms. The fraction of sp³-hybridized carbons (Fsp3) is 0.385. The Hall–Kier alpha value is -2.79. The zero-order chi connectivity index (χ0) is 21.6. The number of pyridine rings is 1. The van der Waals surface area contributed by atoms with Crippen LogP contribution in [0.25, 0.3) is 11.8 Å². The number of nitrogens with zero attached hydrogens (tertiary/aromatic N) is 3. The Labute approximate surface area is 182 Å². The van der Waals surface area contributed by atoms with Gasteiger partial charge in [0.1, 0.15) is 5.82 Å². The molecule has 2 aliphatic rings. The van der Waals surface area contributed by atoms with E-state index >= 15 is 0 Å². The number of hydrogen-bond donors (Lipinski definition) is 1. The largest absolute Gasteiger partial charge is 0.389 e. The van der Waals surface area contributed by atoms with E-state index in [0.29, 0.717) is 6.42 Å². The summed E-state index contributed by atoms with van der Waals surface area (Å²) in [6.45, 7) is 4.26. The standard InChI is InChI=1S/C26H28FN3O/c1-3-25-16-19-17-29-30(23-6-4-21(27)5-7-23)24(19)15-20(25)8-11-26(25,31)12-9-22-14-18(2)10-13-28-22/h4-7,10,13-15,17,31H,3,8-9,11-12,16H2,1-2H3. The van der Waals surface area contributed by atoms with Gasteiger partial charge in [-0.2, -0.15) is 5.10 Å². The lowest BCUT2D eigenvalue weighted by molar-refractivity contribution is -0.0570. The third-order valence-electron chi connectivity index (χ3n) is 7.44. The summed E-state index contributed by atoms with van der Waals surface area (Å²) in [7, 11) is 0. The molecule has 2 heterocycles. The molecule has 2 aromatic heterocycles. The van der Waals surface area contributed by atoms with Gasteiger partial charge in [0.05, 0.1) is 23.2 Å². The van der Waals surface area contributed by atoms with Crippen molar-refractivity contribution in [2.75, 3.05) is 0 Å². The molecule has 5 rings (SSSR count). The molecule has 0 aliphatic heterocycles. The maximum Gasteiger partial charge on any atom is 0.123 e. The van der Waals surface area contributed by atoms with Crippen molar-refractivity contribution in [2.24, 2.45) is 5.41 Å². The molecule has 1 N–H and O–H groups in total. The molecule has 2 unspecified atom stereocenters. The van der Waals surface area contributed by atoms with Crippen LogP contribution in [0.2, 0.25) is 0 Å². The summed E-state index contributed by atoms with van der Waals surface area (Å²) >= 11 is 0. The monoisotopic (exact) mass is 417 g/mol. The zero-order valence-corrected chi connectivity index (χ0v) is 18.1. The van der Waals surface area contributed by atoms with Crippen LogP contribution in [0.4, 0.5) is 4.39 Å². The van der Waals surface area contributed by atoms with Crippen LogP contribution in [0.1, 0.15) is 55.1 Å². The minimum absolute atomic E-state index is 0.253. The van der Waals surface area contributed by atoms with Crippen LogP contribution < -0.4 is 0 Å². The van der Waals surface area contributed by atoms with E-state index in [9.17, 15) is 9.50 Å². The fourth-order valence-corrected chi connectivity index (χ4v) is 5.68. The van der Waals surface area contributed by atoms with Gasteiger partial charge in [0.2, 0.25) is 0 Å². The molecule has 0 spiro atoms. The van der Waals surface area contributed by atoms with Crippen molar-refractivity contribution in [1.29, 1.82) is 0 Å². The number of benzene rings is 1. The van der Waals surface area contributed by atoms with E-state index in [4.69, 9.17) is 0 Å². The summed E-state index contributed by atoms with van der Waals surface area (Å²) in [4.78, 5) is 4.50. The molecule has 160 valence electrons. The summed E-state index contributed by atoms with van der Waals surface area (Å²) in [6, 6.07) is 10.5. The number of hydrogen-bond acceptors (Lipinski definition) is 3. The van der Waals surface area contributed by atoms with E-state index in [1.165, 1.54) is 23.3 Å². The predicted octanol–water partition coefficient (Wildman–Crippen LogP) is 5.21. The Bertz CT molecular complexity index is 1150. The SMILES string of the molecule is CCC12Cc3cnn(-c4ccc(F)cc4)c3C=C1CCC2(O)CCc1cc(C)ccn1. The van der Waals surface area contributed by atoms with Gasteiger partial charge in [-0.15, -0.1) is 0 Å². The van der Waals surface area contributed by atoms with Gasteiger partial charge < -0.3 is 5.11 Å². The predicted molar refractivity (Wildman–Crippen MR) is 119 cm³/mol. The van der Waals surface area contributed by atoms with Crippen molar-refractivity contribution in [3.8, 4) is 5.69 Å². The van der Waals surface area contributed by atoms with E-state index < -0.39 is 5.60 Å². The molecular formula is C26H28FN3O. The molecule has 2 atom stereocenters. The average molecular weight is 418 g/mol. The zero-order valence-electron chi connectivity index (χ0n) is 18.1. The van der Waals surface area contributed by atoms with Gasteiger partial charge in [0, 0.05) is 17.3 Å². The Morgan fingerprint density at radius 3 is 2.74 bits per heavy atom. The third-order valence-corrected chi connectivity index (χ3v) is 7.44. The lowest BCUT2D eigenvalue weighted by Gasteiger charge is -2.45. The fourth-order valence-electron chi connectivity index (χ4n) is 5.68. The van der Waals surface area contributed by atoms with Crippen LogP contribution >= 0.6 is 0 Å². The molecule has 1 fully saturated rings. The van der Waals surface area contributed by atoms with Gasteiger partial charge in [-0.1, -0.05) is 12.5 Å². The molecule has 1 aromatic carbocycles. The highest BCUT2D eigenvalue weighted by Crippen LogP contribution is 2.58. The van der Waals surface area contributed by atoms with E-state index in [1.807, 2.05) is 23.1 Å². The molecule has 4 nitrogen and oxygen atoms in total. The van der Waals surface area contributed by atoms with Gasteiger partial charge in [0.25, 0.3) is 0 Å². The van der Waals surface area contributed by atoms with Crippen molar-refractivity contribution in [1.82, 2.24) is 14.8 Å². The molecular weight excluding hydrogens is 389 g/mol. The Morgan fingerprint density at radius 1 is 1.19 bits per heavy atom. The highest BCUT2D eigenvalue weighted by atomic mass is 19.1. The van der Waals surface area contributed by atoms with Crippen molar-refractivity contribution in [3.63, 3.8) is 0 Å². The molecule has 0 saturated heterocycles. The maximum atomic E-state index is 13.4. The van der Waals surface area contributed by atoms with Crippen molar-refractivity contribution >= 4 is 6.08 Å². The molecule has 31 heavy (non-hydrogen) atoms. The second-order valence-electron chi connectivity index (χ2n) is 9.08. The van der Waals surface area contributed by atoms with Crippen LogP contribution in [0.15, 0.2) is 54.4 Å². The molecule has 0 bridgehead atoms. The van der Waals surface area contributed by atoms with Crippen molar-refractivity contribution < 1.29 is 9.50 Å². The molecule has 3 aromatic rings. The van der Waals surface area contributed by atoms with E-state index in [2.05, 4.69) is 36.1 Å². The van der Waals surface area contributed by atoms with Gasteiger partial charge in [-0.05, 0) is 99.0 Å². The lowest BCUT2D eigenvalue weighted by Crippen LogP contribution is -2.47. The number of aryl methyl sites for hydroxylation is 2. The number of aliphatic hydroxyl groups is 1. The Morgan fingerprint density at radius 2 is 2.00 bits per heavy atom. The first-order valence-electron chi connectivity index (χ1n) is 11.1. The molecule has 1 saturated carbocycles. The van der Waals surface area contributed by atoms with E-state index in [-0.39, 0.29) is 11.2 Å². The first-order chi connectivity index (χ1) is 14.9. The Kier molecular flexibility index (Phi) is 4.82. The lowest BCUT2D eigenvalue weighted by atomic mass is 9.63. The summed E-state index contributed by atoms with van der Waals surface area (Å²) in [5.41, 5.74) is 5.57. The summed E-state index contributed by atoms with van der Waals surface area (Å²) in [6.07, 6.45) is 10.8. The van der Waals surface area contributed by atoms with Gasteiger partial charge >= 0.3 is 0 Å². The summed E-state index contributed by atoms with van der Waals surface area (Å²) < 4.78 is 15.3. The molecule has 0 amide bonds. The molecule has 2 aliphatic carbocycles. The first kappa shape index (κ1) is 20.1. The normalized spacial score (nSPS) is 24.6. The maximum absolute atomic E-state index is 13.4. The molecule has 0 radical (unpaired) electrons. The minimum Gasteiger partial charge on any atom is -0.389 e. The van der Waals surface area contributed by atoms with Crippen LogP contribution in [-0.4, -0.2) is 25.5 Å². The van der Waals surface area contributed by atoms with Crippen LogP contribution in [0, 0.1) is 18.2 Å². The average Bonchev–Trinajstić information content (AvgIpc) is 3.30. The number of aromatic nitrogens is 3. The number of rotatable bonds is 5. The van der Waals surface area contributed by atoms with Gasteiger partial charge in [0.15, 0.2) is 0 Å². The van der Waals surface area contributed by atoms with Crippen LogP contribution in [0.5, 0.6) is 0 Å². The summed E-state index contributed by atoms with van der Waals surface area (Å²) in [5.74, 6) is -0.253. The van der Waals surface area contributed by atoms with Crippen molar-refractivity contribution in [3.05, 3.63) is 82.7 Å².